The molecule has 1 aliphatic rings. The smallest absolute Gasteiger partial charge is 0.241 e. The molecule has 0 heterocycles. The Hall–Kier alpha value is -2.73. The van der Waals surface area contributed by atoms with E-state index in [0.29, 0.717) is 28.9 Å². The maximum Gasteiger partial charge on any atom is 0.241 e. The average Bonchev–Trinajstić information content (AvgIpc) is 3.19. The third-order valence-electron chi connectivity index (χ3n) is 6.15. The quantitative estimate of drug-likeness (QED) is 0.278. The van der Waals surface area contributed by atoms with Crippen LogP contribution in [0.4, 0.5) is 0 Å². The fraction of sp³-hybridized carbons (Fsp3) is 0.346. The Morgan fingerprint density at radius 3 is 2.44 bits per heavy atom. The van der Waals surface area contributed by atoms with Gasteiger partial charge in [0.05, 0.1) is 10.2 Å². The zero-order valence-corrected chi connectivity index (χ0v) is 20.1. The Morgan fingerprint density at radius 2 is 1.84 bits per heavy atom. The highest BCUT2D eigenvalue weighted by Crippen LogP contribution is 2.44. The Kier molecular flexibility index (Phi) is 7.67. The minimum atomic E-state index is -0.756. The van der Waals surface area contributed by atoms with Crippen LogP contribution in [0.15, 0.2) is 58.7 Å². The number of aldehydes is 1. The summed E-state index contributed by atoms with van der Waals surface area (Å²) in [4.78, 5) is 36.4. The Bertz CT molecular complexity index is 1030. The lowest BCUT2D eigenvalue weighted by atomic mass is 9.84. The number of para-hydroxylation sites is 1. The summed E-state index contributed by atoms with van der Waals surface area (Å²) in [5.41, 5.74) is 0.114. The van der Waals surface area contributed by atoms with Crippen molar-refractivity contribution in [2.24, 2.45) is 17.3 Å². The number of ketones is 1. The molecule has 2 unspecified atom stereocenters. The fourth-order valence-electron chi connectivity index (χ4n) is 4.02. The molecule has 0 spiro atoms. The van der Waals surface area contributed by atoms with Crippen molar-refractivity contribution in [3.05, 3.63) is 64.3 Å². The molecule has 6 heteroatoms. The summed E-state index contributed by atoms with van der Waals surface area (Å²) >= 11 is 3.45. The molecule has 168 valence electrons. The molecule has 3 rings (SSSR count). The van der Waals surface area contributed by atoms with Crippen LogP contribution in [0.5, 0.6) is 11.5 Å². The number of ether oxygens (including phenoxy) is 1. The fourth-order valence-corrected chi connectivity index (χ4v) is 4.39. The van der Waals surface area contributed by atoms with E-state index in [-0.39, 0.29) is 17.9 Å². The van der Waals surface area contributed by atoms with Gasteiger partial charge in [-0.05, 0) is 82.9 Å². The van der Waals surface area contributed by atoms with Gasteiger partial charge in [0, 0.05) is 5.41 Å². The maximum atomic E-state index is 13.0. The number of hydrogen-bond acceptors (Lipinski definition) is 4. The van der Waals surface area contributed by atoms with Crippen LogP contribution in [0, 0.1) is 17.3 Å². The van der Waals surface area contributed by atoms with Gasteiger partial charge in [-0.2, -0.15) is 0 Å². The SMILES string of the molecule is CC(C)C1CCC(C)(C(=O)N/C(=C\c2ccc(Oc3ccccc3Br)cc2)C(=O)C=O)C1. The van der Waals surface area contributed by atoms with Crippen LogP contribution in [0.2, 0.25) is 0 Å². The molecular weight excluding hydrogens is 470 g/mol. The summed E-state index contributed by atoms with van der Waals surface area (Å²) in [6.45, 7) is 6.26. The lowest BCUT2D eigenvalue weighted by Crippen LogP contribution is -2.39. The van der Waals surface area contributed by atoms with Crippen molar-refractivity contribution in [1.82, 2.24) is 5.32 Å². The molecule has 2 aromatic carbocycles. The minimum absolute atomic E-state index is 0.0151. The normalized spacial score (nSPS) is 20.8. The molecule has 0 aromatic heterocycles. The number of carbonyl (C=O) groups is 3. The van der Waals surface area contributed by atoms with Crippen LogP contribution in [0.3, 0.4) is 0 Å². The molecule has 1 saturated carbocycles. The van der Waals surface area contributed by atoms with Gasteiger partial charge in [0.15, 0.2) is 6.29 Å². The van der Waals surface area contributed by atoms with E-state index in [9.17, 15) is 14.4 Å². The number of halogens is 1. The van der Waals surface area contributed by atoms with Crippen molar-refractivity contribution < 1.29 is 19.1 Å². The Labute approximate surface area is 197 Å². The molecule has 1 aliphatic carbocycles. The van der Waals surface area contributed by atoms with Crippen molar-refractivity contribution in [3.8, 4) is 11.5 Å². The van der Waals surface area contributed by atoms with Crippen molar-refractivity contribution in [3.63, 3.8) is 0 Å². The predicted octanol–water partition coefficient (Wildman–Crippen LogP) is 5.93. The summed E-state index contributed by atoms with van der Waals surface area (Å²) in [5, 5.41) is 2.72. The minimum Gasteiger partial charge on any atom is -0.456 e. The topological polar surface area (TPSA) is 72.5 Å². The van der Waals surface area contributed by atoms with Crippen LogP contribution in [-0.4, -0.2) is 18.0 Å². The number of carbonyl (C=O) groups excluding carboxylic acids is 3. The first-order valence-electron chi connectivity index (χ1n) is 10.8. The highest BCUT2D eigenvalue weighted by Gasteiger charge is 2.42. The zero-order chi connectivity index (χ0) is 23.3. The highest BCUT2D eigenvalue weighted by atomic mass is 79.9. The molecule has 32 heavy (non-hydrogen) atoms. The van der Waals surface area contributed by atoms with Gasteiger partial charge in [-0.1, -0.05) is 45.0 Å². The highest BCUT2D eigenvalue weighted by molar-refractivity contribution is 9.10. The molecule has 2 aromatic rings. The van der Waals surface area contributed by atoms with E-state index >= 15 is 0 Å². The number of allylic oxidation sites excluding steroid dienone is 1. The Balaban J connectivity index is 1.75. The largest absolute Gasteiger partial charge is 0.456 e. The van der Waals surface area contributed by atoms with Gasteiger partial charge in [-0.25, -0.2) is 0 Å². The summed E-state index contributed by atoms with van der Waals surface area (Å²) in [6.07, 6.45) is 4.28. The van der Waals surface area contributed by atoms with Gasteiger partial charge in [0.25, 0.3) is 0 Å². The summed E-state index contributed by atoms with van der Waals surface area (Å²) in [6, 6.07) is 14.6. The summed E-state index contributed by atoms with van der Waals surface area (Å²) in [7, 11) is 0. The Morgan fingerprint density at radius 1 is 1.16 bits per heavy atom. The van der Waals surface area contributed by atoms with Crippen molar-refractivity contribution in [2.75, 3.05) is 0 Å². The van der Waals surface area contributed by atoms with Gasteiger partial charge < -0.3 is 10.1 Å². The van der Waals surface area contributed by atoms with Crippen molar-refractivity contribution in [2.45, 2.75) is 40.0 Å². The van der Waals surface area contributed by atoms with Gasteiger partial charge >= 0.3 is 0 Å². The van der Waals surface area contributed by atoms with E-state index in [4.69, 9.17) is 4.74 Å². The number of hydrogen-bond donors (Lipinski definition) is 1. The molecule has 0 bridgehead atoms. The average molecular weight is 498 g/mol. The van der Waals surface area contributed by atoms with Crippen LogP contribution >= 0.6 is 15.9 Å². The molecule has 1 N–H and O–H groups in total. The molecule has 0 saturated heterocycles. The van der Waals surface area contributed by atoms with Crippen LogP contribution < -0.4 is 10.1 Å². The monoisotopic (exact) mass is 497 g/mol. The number of Topliss-reactive ketones (excluding diaryl/α,β-unsaturated/α-hetero) is 1. The molecule has 1 amide bonds. The van der Waals surface area contributed by atoms with Gasteiger partial charge in [-0.3, -0.25) is 14.4 Å². The maximum absolute atomic E-state index is 13.0. The van der Waals surface area contributed by atoms with E-state index in [1.165, 1.54) is 6.08 Å². The molecular formula is C26H28BrNO4. The van der Waals surface area contributed by atoms with E-state index in [0.717, 1.165) is 23.7 Å². The number of amides is 1. The number of nitrogens with one attached hydrogen (secondary N) is 1. The second-order valence-corrected chi connectivity index (χ2v) is 9.76. The number of rotatable bonds is 8. The third kappa shape index (κ3) is 5.74. The van der Waals surface area contributed by atoms with E-state index in [2.05, 4.69) is 35.1 Å². The lowest BCUT2D eigenvalue weighted by Gasteiger charge is -2.24. The predicted molar refractivity (Wildman–Crippen MR) is 128 cm³/mol. The first kappa shape index (κ1) is 23.9. The first-order valence-corrected chi connectivity index (χ1v) is 11.6. The molecule has 5 nitrogen and oxygen atoms in total. The first-order chi connectivity index (χ1) is 15.2. The van der Waals surface area contributed by atoms with Crippen LogP contribution in [-0.2, 0) is 14.4 Å². The lowest BCUT2D eigenvalue weighted by molar-refractivity contribution is -0.131. The van der Waals surface area contributed by atoms with E-state index in [1.807, 2.05) is 31.2 Å². The van der Waals surface area contributed by atoms with Gasteiger partial charge in [-0.15, -0.1) is 0 Å². The van der Waals surface area contributed by atoms with Crippen LogP contribution in [0.1, 0.15) is 45.6 Å². The molecule has 1 fully saturated rings. The van der Waals surface area contributed by atoms with Gasteiger partial charge in [0.2, 0.25) is 11.7 Å². The van der Waals surface area contributed by atoms with E-state index < -0.39 is 11.2 Å². The second-order valence-electron chi connectivity index (χ2n) is 8.90. The summed E-state index contributed by atoms with van der Waals surface area (Å²) in [5.74, 6) is 1.33. The van der Waals surface area contributed by atoms with Gasteiger partial charge in [0.1, 0.15) is 11.5 Å². The third-order valence-corrected chi connectivity index (χ3v) is 6.80. The van der Waals surface area contributed by atoms with Crippen molar-refractivity contribution >= 4 is 40.0 Å². The van der Waals surface area contributed by atoms with Crippen LogP contribution in [0.25, 0.3) is 6.08 Å². The number of benzene rings is 2. The molecule has 2 atom stereocenters. The van der Waals surface area contributed by atoms with Crippen molar-refractivity contribution in [1.29, 1.82) is 0 Å². The standard InChI is InChI=1S/C26H28BrNO4/c1-17(2)19-12-13-26(3,15-19)25(31)28-22(23(30)16-29)14-18-8-10-20(11-9-18)32-24-7-5-4-6-21(24)27/h4-11,14,16-17,19H,12-13,15H2,1-3H3,(H,28,31)/b22-14-. The molecule has 0 aliphatic heterocycles. The second kappa shape index (κ2) is 10.3. The molecule has 0 radical (unpaired) electrons. The van der Waals surface area contributed by atoms with E-state index in [1.54, 1.807) is 24.3 Å². The zero-order valence-electron chi connectivity index (χ0n) is 18.6. The summed E-state index contributed by atoms with van der Waals surface area (Å²) < 4.78 is 6.69.